The quantitative estimate of drug-likeness (QED) is 0.635. The number of hydrogen-bond acceptors (Lipinski definition) is 4. The molecule has 120 valence electrons. The Balaban J connectivity index is 1.83. The third-order valence-electron chi connectivity index (χ3n) is 3.38. The van der Waals surface area contributed by atoms with E-state index < -0.39 is 11.8 Å². The number of carbonyl (C=O) groups is 2. The van der Waals surface area contributed by atoms with Crippen molar-refractivity contribution in [3.63, 3.8) is 0 Å². The Hall–Kier alpha value is -3.73. The van der Waals surface area contributed by atoms with E-state index in [4.69, 9.17) is 4.42 Å². The molecule has 3 heterocycles. The number of nitrogens with one attached hydrogen (secondary N) is 3. The molecule has 24 heavy (non-hydrogen) atoms. The van der Waals surface area contributed by atoms with Crippen LogP contribution in [0.4, 0.5) is 0 Å². The zero-order chi connectivity index (χ0) is 17.1. The Kier molecular flexibility index (Phi) is 3.91. The summed E-state index contributed by atoms with van der Waals surface area (Å²) < 4.78 is 7.14. The molecule has 8 nitrogen and oxygen atoms in total. The van der Waals surface area contributed by atoms with E-state index >= 15 is 0 Å². The van der Waals surface area contributed by atoms with Crippen molar-refractivity contribution < 1.29 is 14.0 Å². The van der Waals surface area contributed by atoms with Crippen LogP contribution in [0.2, 0.25) is 0 Å². The number of aryl methyl sites for hydroxylation is 1. The summed E-state index contributed by atoms with van der Waals surface area (Å²) in [6, 6.07) is 8.75. The Bertz CT molecular complexity index is 914. The van der Waals surface area contributed by atoms with Gasteiger partial charge >= 0.3 is 0 Å². The molecule has 0 radical (unpaired) electrons. The fourth-order valence-electron chi connectivity index (χ4n) is 2.27. The monoisotopic (exact) mass is 323 g/mol. The molecule has 3 rings (SSSR count). The molecule has 0 atom stereocenters. The predicted octanol–water partition coefficient (Wildman–Crippen LogP) is 1.65. The van der Waals surface area contributed by atoms with Gasteiger partial charge in [0.2, 0.25) is 5.88 Å². The summed E-state index contributed by atoms with van der Waals surface area (Å²) in [5, 5.41) is 9.39. The van der Waals surface area contributed by atoms with Crippen LogP contribution in [0, 0.1) is 18.3 Å². The number of aromatic amines is 1. The second-order valence-electron chi connectivity index (χ2n) is 4.91. The number of amides is 2. The van der Waals surface area contributed by atoms with Gasteiger partial charge in [-0.15, -0.1) is 0 Å². The Morgan fingerprint density at radius 3 is 2.54 bits per heavy atom. The summed E-state index contributed by atoms with van der Waals surface area (Å²) in [6.07, 6.45) is 5.00. The van der Waals surface area contributed by atoms with Gasteiger partial charge in [-0.1, -0.05) is 0 Å². The summed E-state index contributed by atoms with van der Waals surface area (Å²) >= 11 is 0. The lowest BCUT2D eigenvalue weighted by atomic mass is 10.1. The van der Waals surface area contributed by atoms with Crippen LogP contribution in [0.5, 0.6) is 0 Å². The van der Waals surface area contributed by atoms with Crippen LogP contribution in [0.15, 0.2) is 47.3 Å². The average Bonchev–Trinajstić information content (AvgIpc) is 3.31. The molecule has 0 saturated carbocycles. The highest BCUT2D eigenvalue weighted by Gasteiger charge is 2.24. The van der Waals surface area contributed by atoms with Gasteiger partial charge < -0.3 is 9.40 Å². The summed E-state index contributed by atoms with van der Waals surface area (Å²) in [5.41, 5.74) is 5.03. The molecule has 3 N–H and O–H groups in total. The van der Waals surface area contributed by atoms with Crippen LogP contribution in [0.1, 0.15) is 32.2 Å². The molecule has 0 unspecified atom stereocenters. The van der Waals surface area contributed by atoms with Crippen molar-refractivity contribution in [2.45, 2.75) is 6.92 Å². The number of hydrazine groups is 1. The first-order chi connectivity index (χ1) is 11.6. The molecule has 0 aliphatic heterocycles. The Morgan fingerprint density at radius 2 is 1.92 bits per heavy atom. The molecule has 2 amide bonds. The normalized spacial score (nSPS) is 10.2. The first-order valence-corrected chi connectivity index (χ1v) is 7.02. The van der Waals surface area contributed by atoms with Crippen molar-refractivity contribution in [3.8, 4) is 12.0 Å². The zero-order valence-electron chi connectivity index (χ0n) is 12.7. The van der Waals surface area contributed by atoms with Crippen LogP contribution in [-0.2, 0) is 0 Å². The van der Waals surface area contributed by atoms with Crippen LogP contribution in [0.3, 0.4) is 0 Å². The Labute approximate surface area is 136 Å². The zero-order valence-corrected chi connectivity index (χ0v) is 12.7. The van der Waals surface area contributed by atoms with Gasteiger partial charge in [0, 0.05) is 18.6 Å². The van der Waals surface area contributed by atoms with Crippen molar-refractivity contribution in [3.05, 3.63) is 65.4 Å². The smallest absolute Gasteiger partial charge is 0.286 e. The summed E-state index contributed by atoms with van der Waals surface area (Å²) in [7, 11) is 0. The van der Waals surface area contributed by atoms with E-state index in [1.165, 1.54) is 0 Å². The molecule has 0 bridgehead atoms. The average molecular weight is 323 g/mol. The maximum Gasteiger partial charge on any atom is 0.286 e. The summed E-state index contributed by atoms with van der Waals surface area (Å²) in [6.45, 7) is 1.58. The largest absolute Gasteiger partial charge is 0.443 e. The second-order valence-corrected chi connectivity index (χ2v) is 4.91. The van der Waals surface area contributed by atoms with Gasteiger partial charge in [0.05, 0.1) is 0 Å². The highest BCUT2D eigenvalue weighted by Crippen LogP contribution is 2.25. The third kappa shape index (κ3) is 2.66. The van der Waals surface area contributed by atoms with E-state index in [0.29, 0.717) is 5.69 Å². The van der Waals surface area contributed by atoms with Gasteiger partial charge in [-0.3, -0.25) is 25.0 Å². The number of nitrogens with zero attached hydrogens (tertiary/aromatic N) is 2. The van der Waals surface area contributed by atoms with Gasteiger partial charge in [0.25, 0.3) is 11.8 Å². The fourth-order valence-corrected chi connectivity index (χ4v) is 2.27. The van der Waals surface area contributed by atoms with Crippen LogP contribution in [-0.4, -0.2) is 21.4 Å². The van der Waals surface area contributed by atoms with E-state index in [9.17, 15) is 14.9 Å². The number of hydrogen-bond donors (Lipinski definition) is 3. The first-order valence-electron chi connectivity index (χ1n) is 7.02. The van der Waals surface area contributed by atoms with Gasteiger partial charge in [-0.2, -0.15) is 5.26 Å². The first kappa shape index (κ1) is 15.2. The highest BCUT2D eigenvalue weighted by molar-refractivity contribution is 6.01. The number of carbonyl (C=O) groups excluding carboxylic acids is 2. The SMILES string of the molecule is Cc1oc(-n2cccc2)c(C#N)c1C(=O)NNC(=O)c1ccc[nH]1. The minimum atomic E-state index is -0.633. The molecule has 8 heteroatoms. The van der Waals surface area contributed by atoms with E-state index in [-0.39, 0.29) is 22.8 Å². The lowest BCUT2D eigenvalue weighted by Crippen LogP contribution is -2.42. The van der Waals surface area contributed by atoms with Gasteiger partial charge in [0.15, 0.2) is 0 Å². The molecule has 0 saturated heterocycles. The van der Waals surface area contributed by atoms with Crippen molar-refractivity contribution in [2.75, 3.05) is 0 Å². The molecule has 0 aliphatic carbocycles. The number of rotatable bonds is 3. The minimum absolute atomic E-state index is 0.0768. The van der Waals surface area contributed by atoms with E-state index in [1.807, 2.05) is 6.07 Å². The minimum Gasteiger partial charge on any atom is -0.443 e. The Morgan fingerprint density at radius 1 is 1.21 bits per heavy atom. The van der Waals surface area contributed by atoms with Gasteiger partial charge in [-0.05, 0) is 31.2 Å². The van der Waals surface area contributed by atoms with Crippen molar-refractivity contribution in [1.29, 1.82) is 5.26 Å². The van der Waals surface area contributed by atoms with Gasteiger partial charge in [0.1, 0.15) is 28.7 Å². The summed E-state index contributed by atoms with van der Waals surface area (Å²) in [5.74, 6) is -0.604. The van der Waals surface area contributed by atoms with Crippen LogP contribution in [0.25, 0.3) is 5.88 Å². The highest BCUT2D eigenvalue weighted by atomic mass is 16.4. The van der Waals surface area contributed by atoms with Gasteiger partial charge in [-0.25, -0.2) is 0 Å². The van der Waals surface area contributed by atoms with E-state index in [0.717, 1.165) is 0 Å². The van der Waals surface area contributed by atoms with Crippen molar-refractivity contribution in [1.82, 2.24) is 20.4 Å². The molecule has 3 aromatic heterocycles. The van der Waals surface area contributed by atoms with E-state index in [1.54, 1.807) is 54.3 Å². The molecular formula is C16H13N5O3. The number of furan rings is 1. The van der Waals surface area contributed by atoms with Crippen molar-refractivity contribution >= 4 is 11.8 Å². The standard InChI is InChI=1S/C16H13N5O3/c1-10-13(11(9-17)16(24-10)21-7-2-3-8-21)15(23)20-19-14(22)12-5-4-6-18-12/h2-8,18H,1H3,(H,19,22)(H,20,23). The van der Waals surface area contributed by atoms with Crippen LogP contribution >= 0.6 is 0 Å². The molecule has 0 aromatic carbocycles. The number of H-pyrrole nitrogens is 1. The predicted molar refractivity (Wildman–Crippen MR) is 83.2 cm³/mol. The maximum absolute atomic E-state index is 12.3. The third-order valence-corrected chi connectivity index (χ3v) is 3.38. The molecule has 3 aromatic rings. The lowest BCUT2D eigenvalue weighted by molar-refractivity contribution is 0.0843. The maximum atomic E-state index is 12.3. The molecular weight excluding hydrogens is 310 g/mol. The molecule has 0 fully saturated rings. The van der Waals surface area contributed by atoms with Crippen LogP contribution < -0.4 is 10.9 Å². The van der Waals surface area contributed by atoms with E-state index in [2.05, 4.69) is 15.8 Å². The number of aromatic nitrogens is 2. The van der Waals surface area contributed by atoms with Crippen molar-refractivity contribution in [2.24, 2.45) is 0 Å². The fraction of sp³-hybridized carbons (Fsp3) is 0.0625. The molecule has 0 spiro atoms. The number of nitriles is 1. The lowest BCUT2D eigenvalue weighted by Gasteiger charge is -2.06. The summed E-state index contributed by atoms with van der Waals surface area (Å²) in [4.78, 5) is 26.9. The molecule has 0 aliphatic rings. The second kappa shape index (κ2) is 6.18. The topological polar surface area (TPSA) is 116 Å².